The van der Waals surface area contributed by atoms with Crippen LogP contribution in [0.3, 0.4) is 0 Å². The van der Waals surface area contributed by atoms with Crippen molar-refractivity contribution in [1.29, 1.82) is 0 Å². The molecule has 0 bridgehead atoms. The summed E-state index contributed by atoms with van der Waals surface area (Å²) < 4.78 is 23.5. The molecule has 1 N–H and O–H groups in total. The first kappa shape index (κ1) is 16.5. The van der Waals surface area contributed by atoms with E-state index in [9.17, 15) is 8.42 Å². The van der Waals surface area contributed by atoms with E-state index in [2.05, 4.69) is 43.4 Å². The molecule has 4 heteroatoms. The molecule has 0 spiro atoms. The molecule has 1 aromatic rings. The zero-order valence-electron chi connectivity index (χ0n) is 13.3. The van der Waals surface area contributed by atoms with Crippen LogP contribution in [0.5, 0.6) is 0 Å². The third-order valence-corrected chi connectivity index (χ3v) is 6.24. The first-order valence-corrected chi connectivity index (χ1v) is 9.89. The van der Waals surface area contributed by atoms with Gasteiger partial charge in [0.1, 0.15) is 9.84 Å². The van der Waals surface area contributed by atoms with Gasteiger partial charge in [-0.3, -0.25) is 0 Å². The Balaban J connectivity index is 1.96. The van der Waals surface area contributed by atoms with Gasteiger partial charge in [-0.25, -0.2) is 8.42 Å². The van der Waals surface area contributed by atoms with Crippen molar-refractivity contribution in [3.05, 3.63) is 35.4 Å². The van der Waals surface area contributed by atoms with Gasteiger partial charge in [0.05, 0.1) is 5.25 Å². The summed E-state index contributed by atoms with van der Waals surface area (Å²) in [5, 5.41) is 3.44. The smallest absolute Gasteiger partial charge is 0.150 e. The maximum atomic E-state index is 11.7. The highest BCUT2D eigenvalue weighted by molar-refractivity contribution is 7.91. The Morgan fingerprint density at radius 3 is 2.48 bits per heavy atom. The summed E-state index contributed by atoms with van der Waals surface area (Å²) in [5.41, 5.74) is 2.62. The summed E-state index contributed by atoms with van der Waals surface area (Å²) in [4.78, 5) is 0. The van der Waals surface area contributed by atoms with Crippen LogP contribution in [0.25, 0.3) is 0 Å². The summed E-state index contributed by atoms with van der Waals surface area (Å²) >= 11 is 0. The second kappa shape index (κ2) is 6.93. The lowest BCUT2D eigenvalue weighted by atomic mass is 9.93. The summed E-state index contributed by atoms with van der Waals surface area (Å²) in [6.45, 7) is 4.31. The molecule has 0 amide bonds. The van der Waals surface area contributed by atoms with Crippen LogP contribution in [-0.4, -0.2) is 26.0 Å². The highest BCUT2D eigenvalue weighted by atomic mass is 32.2. The van der Waals surface area contributed by atoms with E-state index >= 15 is 0 Å². The molecule has 1 aromatic carbocycles. The quantitative estimate of drug-likeness (QED) is 0.908. The molecule has 0 aliphatic heterocycles. The van der Waals surface area contributed by atoms with Crippen LogP contribution in [0.1, 0.15) is 56.7 Å². The zero-order valence-corrected chi connectivity index (χ0v) is 14.1. The maximum Gasteiger partial charge on any atom is 0.150 e. The molecule has 0 saturated heterocycles. The minimum atomic E-state index is -2.91. The third kappa shape index (κ3) is 4.55. The molecule has 3 nitrogen and oxygen atoms in total. The Morgan fingerprint density at radius 2 is 1.90 bits per heavy atom. The first-order valence-electron chi connectivity index (χ1n) is 7.94. The number of benzene rings is 1. The number of sulfone groups is 1. The van der Waals surface area contributed by atoms with Crippen molar-refractivity contribution in [2.75, 3.05) is 6.26 Å². The average Bonchev–Trinajstić information content (AvgIpc) is 2.47. The van der Waals surface area contributed by atoms with Crippen LogP contribution >= 0.6 is 0 Å². The van der Waals surface area contributed by atoms with Gasteiger partial charge in [0.2, 0.25) is 0 Å². The lowest BCUT2D eigenvalue weighted by Crippen LogP contribution is -2.39. The summed E-state index contributed by atoms with van der Waals surface area (Å²) in [6, 6.07) is 9.26. The van der Waals surface area contributed by atoms with Crippen molar-refractivity contribution in [2.24, 2.45) is 0 Å². The van der Waals surface area contributed by atoms with Crippen LogP contribution in [0.15, 0.2) is 24.3 Å². The molecule has 3 atom stereocenters. The normalized spacial score (nSPS) is 24.7. The van der Waals surface area contributed by atoms with Gasteiger partial charge < -0.3 is 5.32 Å². The van der Waals surface area contributed by atoms with Crippen LogP contribution < -0.4 is 5.32 Å². The molecule has 0 aromatic heterocycles. The van der Waals surface area contributed by atoms with Gasteiger partial charge in [-0.05, 0) is 43.7 Å². The summed E-state index contributed by atoms with van der Waals surface area (Å²) in [6.07, 6.45) is 6.06. The van der Waals surface area contributed by atoms with Crippen LogP contribution in [0.2, 0.25) is 0 Å². The van der Waals surface area contributed by atoms with E-state index in [0.29, 0.717) is 6.04 Å². The Hall–Kier alpha value is -0.870. The zero-order chi connectivity index (χ0) is 15.5. The van der Waals surface area contributed by atoms with Crippen molar-refractivity contribution in [3.8, 4) is 0 Å². The van der Waals surface area contributed by atoms with Crippen molar-refractivity contribution >= 4 is 9.84 Å². The number of aryl methyl sites for hydroxylation is 1. The van der Waals surface area contributed by atoms with Crippen LogP contribution in [0.4, 0.5) is 0 Å². The highest BCUT2D eigenvalue weighted by Crippen LogP contribution is 2.26. The molecule has 3 unspecified atom stereocenters. The molecular weight excluding hydrogens is 282 g/mol. The number of rotatable bonds is 5. The SMILES string of the molecule is CCc1ccc(C(C)NC2CCCC(S(C)(=O)=O)C2)cc1. The van der Waals surface area contributed by atoms with Crippen LogP contribution in [-0.2, 0) is 16.3 Å². The van der Waals surface area contributed by atoms with Crippen molar-refractivity contribution < 1.29 is 8.42 Å². The van der Waals surface area contributed by atoms with Gasteiger partial charge in [-0.15, -0.1) is 0 Å². The minimum absolute atomic E-state index is 0.168. The molecule has 2 rings (SSSR count). The Labute approximate surface area is 129 Å². The van der Waals surface area contributed by atoms with E-state index in [1.54, 1.807) is 0 Å². The molecule has 0 heterocycles. The number of hydrogen-bond acceptors (Lipinski definition) is 3. The van der Waals surface area contributed by atoms with Gasteiger partial charge in [0.15, 0.2) is 0 Å². The fourth-order valence-corrected chi connectivity index (χ4v) is 4.35. The predicted molar refractivity (Wildman–Crippen MR) is 88.3 cm³/mol. The monoisotopic (exact) mass is 309 g/mol. The predicted octanol–water partition coefficient (Wildman–Crippen LogP) is 3.26. The van der Waals surface area contributed by atoms with Crippen molar-refractivity contribution in [3.63, 3.8) is 0 Å². The Morgan fingerprint density at radius 1 is 1.24 bits per heavy atom. The standard InChI is InChI=1S/C17H27NO2S/c1-4-14-8-10-15(11-9-14)13(2)18-16-6-5-7-17(12-16)21(3,19)20/h8-11,13,16-18H,4-7,12H2,1-3H3. The van der Waals surface area contributed by atoms with E-state index in [1.165, 1.54) is 17.4 Å². The van der Waals surface area contributed by atoms with Gasteiger partial charge >= 0.3 is 0 Å². The van der Waals surface area contributed by atoms with E-state index < -0.39 is 9.84 Å². The van der Waals surface area contributed by atoms with Gasteiger partial charge in [0, 0.05) is 18.3 Å². The van der Waals surface area contributed by atoms with Gasteiger partial charge in [-0.1, -0.05) is 37.6 Å². The van der Waals surface area contributed by atoms with E-state index in [0.717, 1.165) is 32.1 Å². The molecule has 0 radical (unpaired) electrons. The highest BCUT2D eigenvalue weighted by Gasteiger charge is 2.29. The summed E-state index contributed by atoms with van der Waals surface area (Å²) in [7, 11) is -2.91. The largest absolute Gasteiger partial charge is 0.307 e. The van der Waals surface area contributed by atoms with Gasteiger partial charge in [0.25, 0.3) is 0 Å². The van der Waals surface area contributed by atoms with E-state index in [1.807, 2.05) is 0 Å². The van der Waals surface area contributed by atoms with Crippen molar-refractivity contribution in [1.82, 2.24) is 5.32 Å². The van der Waals surface area contributed by atoms with Gasteiger partial charge in [-0.2, -0.15) is 0 Å². The third-order valence-electron chi connectivity index (χ3n) is 4.61. The minimum Gasteiger partial charge on any atom is -0.307 e. The second-order valence-electron chi connectivity index (χ2n) is 6.30. The molecule has 1 fully saturated rings. The fraction of sp³-hybridized carbons (Fsp3) is 0.647. The first-order chi connectivity index (χ1) is 9.90. The van der Waals surface area contributed by atoms with E-state index in [-0.39, 0.29) is 11.3 Å². The van der Waals surface area contributed by atoms with Crippen molar-refractivity contribution in [2.45, 2.75) is 63.3 Å². The maximum absolute atomic E-state index is 11.7. The second-order valence-corrected chi connectivity index (χ2v) is 8.62. The average molecular weight is 309 g/mol. The molecule has 1 aliphatic rings. The lowest BCUT2D eigenvalue weighted by Gasteiger charge is -2.31. The fourth-order valence-electron chi connectivity index (χ4n) is 3.18. The van der Waals surface area contributed by atoms with E-state index in [4.69, 9.17) is 0 Å². The Bertz CT molecular complexity index is 551. The molecule has 1 aliphatic carbocycles. The number of hydrogen-bond donors (Lipinski definition) is 1. The summed E-state index contributed by atoms with van der Waals surface area (Å²) in [5.74, 6) is 0. The molecular formula is C17H27NO2S. The number of nitrogens with one attached hydrogen (secondary N) is 1. The Kier molecular flexibility index (Phi) is 5.44. The lowest BCUT2D eigenvalue weighted by molar-refractivity contribution is 0.346. The van der Waals surface area contributed by atoms with Crippen LogP contribution in [0, 0.1) is 0 Å². The molecule has 21 heavy (non-hydrogen) atoms. The molecule has 118 valence electrons. The molecule has 1 saturated carbocycles. The topological polar surface area (TPSA) is 46.2 Å².